The van der Waals surface area contributed by atoms with Crippen LogP contribution in [0, 0.1) is 17.8 Å². The molecule has 2 unspecified atom stereocenters. The Balaban J connectivity index is 5.14. The molecule has 2 amide bonds. The number of allylic oxidation sites excluding steroid dienone is 2. The lowest BCUT2D eigenvalue weighted by Crippen LogP contribution is -2.49. The number of primary amides is 1. The Morgan fingerprint density at radius 2 is 1.79 bits per heavy atom. The smallest absolute Gasteiger partial charge is 0.224 e. The first-order valence-electron chi connectivity index (χ1n) is 6.82. The molecule has 110 valence electrons. The monoisotopic (exact) mass is 268 g/mol. The van der Waals surface area contributed by atoms with Gasteiger partial charge in [-0.1, -0.05) is 26.0 Å². The number of carbonyl (C=O) groups is 2. The van der Waals surface area contributed by atoms with Crippen LogP contribution >= 0.6 is 0 Å². The van der Waals surface area contributed by atoms with Crippen LogP contribution in [0.1, 0.15) is 48.0 Å². The van der Waals surface area contributed by atoms with Gasteiger partial charge < -0.3 is 11.1 Å². The minimum atomic E-state index is -0.460. The third kappa shape index (κ3) is 6.41. The Kier molecular flexibility index (Phi) is 6.81. The van der Waals surface area contributed by atoms with Gasteiger partial charge in [-0.15, -0.1) is 0 Å². The van der Waals surface area contributed by atoms with Gasteiger partial charge in [0.1, 0.15) is 0 Å². The molecule has 0 saturated heterocycles. The number of hydrogen-bond acceptors (Lipinski definition) is 2. The zero-order valence-electron chi connectivity index (χ0n) is 13.0. The van der Waals surface area contributed by atoms with Crippen LogP contribution < -0.4 is 11.1 Å². The fourth-order valence-electron chi connectivity index (χ4n) is 2.13. The van der Waals surface area contributed by atoms with Gasteiger partial charge >= 0.3 is 0 Å². The predicted molar refractivity (Wildman–Crippen MR) is 78.3 cm³/mol. The predicted octanol–water partition coefficient (Wildman–Crippen LogP) is 2.24. The van der Waals surface area contributed by atoms with Gasteiger partial charge in [0.25, 0.3) is 0 Å². The molecule has 0 aliphatic rings. The van der Waals surface area contributed by atoms with Crippen molar-refractivity contribution in [3.8, 4) is 0 Å². The highest BCUT2D eigenvalue weighted by Crippen LogP contribution is 2.25. The molecule has 2 atom stereocenters. The van der Waals surface area contributed by atoms with E-state index in [1.807, 2.05) is 53.7 Å². The molecule has 0 aromatic heterocycles. The van der Waals surface area contributed by atoms with E-state index < -0.39 is 17.7 Å². The van der Waals surface area contributed by atoms with Crippen LogP contribution in [-0.2, 0) is 9.59 Å². The summed E-state index contributed by atoms with van der Waals surface area (Å²) in [7, 11) is 0. The second-order valence-electron chi connectivity index (χ2n) is 6.32. The van der Waals surface area contributed by atoms with Gasteiger partial charge in [-0.2, -0.15) is 0 Å². The molecule has 0 heterocycles. The molecular weight excluding hydrogens is 240 g/mol. The molecule has 0 rings (SSSR count). The summed E-state index contributed by atoms with van der Waals surface area (Å²) in [5, 5.41) is 2.94. The number of nitrogens with two attached hydrogens (primary N) is 1. The van der Waals surface area contributed by atoms with Crippen LogP contribution in [0.25, 0.3) is 0 Å². The fourth-order valence-corrected chi connectivity index (χ4v) is 2.13. The Morgan fingerprint density at radius 1 is 1.26 bits per heavy atom. The van der Waals surface area contributed by atoms with E-state index in [-0.39, 0.29) is 17.4 Å². The summed E-state index contributed by atoms with van der Waals surface area (Å²) >= 11 is 0. The normalized spacial score (nSPS) is 15.5. The highest BCUT2D eigenvalue weighted by molar-refractivity contribution is 5.87. The summed E-state index contributed by atoms with van der Waals surface area (Å²) in [6, 6.07) is 0. The van der Waals surface area contributed by atoms with Crippen LogP contribution in [0.2, 0.25) is 0 Å². The fraction of sp³-hybridized carbons (Fsp3) is 0.733. The topological polar surface area (TPSA) is 72.2 Å². The number of hydrogen-bond donors (Lipinski definition) is 2. The van der Waals surface area contributed by atoms with Crippen molar-refractivity contribution in [1.29, 1.82) is 0 Å². The Labute approximate surface area is 116 Å². The van der Waals surface area contributed by atoms with Crippen LogP contribution in [0.15, 0.2) is 12.2 Å². The van der Waals surface area contributed by atoms with Crippen molar-refractivity contribution in [2.45, 2.75) is 53.5 Å². The maximum atomic E-state index is 12.4. The second-order valence-corrected chi connectivity index (χ2v) is 6.32. The van der Waals surface area contributed by atoms with Crippen LogP contribution in [-0.4, -0.2) is 17.4 Å². The van der Waals surface area contributed by atoms with E-state index in [9.17, 15) is 9.59 Å². The zero-order chi connectivity index (χ0) is 15.2. The maximum absolute atomic E-state index is 12.4. The van der Waals surface area contributed by atoms with Gasteiger partial charge in [-0.25, -0.2) is 0 Å². The van der Waals surface area contributed by atoms with E-state index in [1.54, 1.807) is 0 Å². The van der Waals surface area contributed by atoms with E-state index in [4.69, 9.17) is 5.73 Å². The van der Waals surface area contributed by atoms with Crippen molar-refractivity contribution in [3.05, 3.63) is 12.2 Å². The summed E-state index contributed by atoms with van der Waals surface area (Å²) in [5.74, 6) is -1.31. The molecule has 0 radical (unpaired) electrons. The van der Waals surface area contributed by atoms with Crippen molar-refractivity contribution in [1.82, 2.24) is 5.32 Å². The van der Waals surface area contributed by atoms with E-state index in [2.05, 4.69) is 5.32 Å². The lowest BCUT2D eigenvalue weighted by Gasteiger charge is -2.30. The molecule has 4 nitrogen and oxygen atoms in total. The van der Waals surface area contributed by atoms with Gasteiger partial charge in [0.15, 0.2) is 0 Å². The van der Waals surface area contributed by atoms with Crippen molar-refractivity contribution < 1.29 is 9.59 Å². The SMILES string of the molecule is C/C=C/CC(C(N)=O)C(C(=O)NC(C)(C)C)C(C)C. The summed E-state index contributed by atoms with van der Waals surface area (Å²) in [4.78, 5) is 24.0. The summed E-state index contributed by atoms with van der Waals surface area (Å²) < 4.78 is 0. The number of amides is 2. The lowest BCUT2D eigenvalue weighted by molar-refractivity contribution is -0.136. The third-order valence-electron chi connectivity index (χ3n) is 2.94. The van der Waals surface area contributed by atoms with Gasteiger partial charge in [0, 0.05) is 5.54 Å². The number of rotatable bonds is 6. The second kappa shape index (κ2) is 7.31. The third-order valence-corrected chi connectivity index (χ3v) is 2.94. The quantitative estimate of drug-likeness (QED) is 0.725. The zero-order valence-corrected chi connectivity index (χ0v) is 13.0. The Hall–Kier alpha value is -1.32. The highest BCUT2D eigenvalue weighted by Gasteiger charge is 2.35. The first-order valence-corrected chi connectivity index (χ1v) is 6.82. The molecule has 0 fully saturated rings. The van der Waals surface area contributed by atoms with Crippen LogP contribution in [0.5, 0.6) is 0 Å². The molecule has 0 aliphatic carbocycles. The minimum Gasteiger partial charge on any atom is -0.369 e. The maximum Gasteiger partial charge on any atom is 0.224 e. The molecule has 0 aromatic rings. The van der Waals surface area contributed by atoms with Gasteiger partial charge in [0.05, 0.1) is 11.8 Å². The van der Waals surface area contributed by atoms with Gasteiger partial charge in [-0.3, -0.25) is 9.59 Å². The summed E-state index contributed by atoms with van der Waals surface area (Å²) in [5.41, 5.74) is 5.15. The average Bonchev–Trinajstić information content (AvgIpc) is 2.19. The molecule has 0 bridgehead atoms. The molecule has 19 heavy (non-hydrogen) atoms. The largest absolute Gasteiger partial charge is 0.369 e. The number of nitrogens with one attached hydrogen (secondary N) is 1. The van der Waals surface area contributed by atoms with E-state index >= 15 is 0 Å². The highest BCUT2D eigenvalue weighted by atomic mass is 16.2. The standard InChI is InChI=1S/C15H28N2O2/c1-7-8-9-11(13(16)18)12(10(2)3)14(19)17-15(4,5)6/h7-8,10-12H,9H2,1-6H3,(H2,16,18)(H,17,19)/b8-7+. The number of carbonyl (C=O) groups excluding carboxylic acids is 2. The van der Waals surface area contributed by atoms with Crippen molar-refractivity contribution in [3.63, 3.8) is 0 Å². The van der Waals surface area contributed by atoms with E-state index in [1.165, 1.54) is 0 Å². The Morgan fingerprint density at radius 3 is 2.11 bits per heavy atom. The van der Waals surface area contributed by atoms with Crippen molar-refractivity contribution >= 4 is 11.8 Å². The first-order chi connectivity index (χ1) is 8.60. The lowest BCUT2D eigenvalue weighted by atomic mass is 9.79. The summed E-state index contributed by atoms with van der Waals surface area (Å²) in [6.45, 7) is 11.5. The van der Waals surface area contributed by atoms with E-state index in [0.29, 0.717) is 6.42 Å². The summed E-state index contributed by atoms with van der Waals surface area (Å²) in [6.07, 6.45) is 4.26. The van der Waals surface area contributed by atoms with Gasteiger partial charge in [-0.05, 0) is 40.0 Å². The molecule has 0 spiro atoms. The van der Waals surface area contributed by atoms with Crippen LogP contribution in [0.3, 0.4) is 0 Å². The van der Waals surface area contributed by atoms with E-state index in [0.717, 1.165) is 0 Å². The first kappa shape index (κ1) is 17.7. The average molecular weight is 268 g/mol. The molecule has 0 aliphatic heterocycles. The molecule has 3 N–H and O–H groups in total. The van der Waals surface area contributed by atoms with Crippen LogP contribution in [0.4, 0.5) is 0 Å². The molecule has 0 aromatic carbocycles. The van der Waals surface area contributed by atoms with Crippen molar-refractivity contribution in [2.75, 3.05) is 0 Å². The molecule has 0 saturated carbocycles. The van der Waals surface area contributed by atoms with Crippen molar-refractivity contribution in [2.24, 2.45) is 23.5 Å². The molecule has 4 heteroatoms. The molecular formula is C15H28N2O2. The Bertz CT molecular complexity index is 341. The van der Waals surface area contributed by atoms with Gasteiger partial charge in [0.2, 0.25) is 11.8 Å². The minimum absolute atomic E-state index is 0.0603.